The van der Waals surface area contributed by atoms with Gasteiger partial charge in [0, 0.05) is 0 Å². The van der Waals surface area contributed by atoms with E-state index in [1.165, 1.54) is 57.8 Å². The fraction of sp³-hybridized carbons (Fsp3) is 0.559. The summed E-state index contributed by atoms with van der Waals surface area (Å²) < 4.78 is 10.7. The van der Waals surface area contributed by atoms with Crippen LogP contribution in [0.4, 0.5) is 0 Å². The molecule has 236 valence electrons. The molecule has 1 atom stereocenters. The van der Waals surface area contributed by atoms with Gasteiger partial charge in [0.05, 0.1) is 0 Å². The second-order valence-electron chi connectivity index (χ2n) is 11.1. The van der Waals surface area contributed by atoms with Crippen LogP contribution in [-0.2, 0) is 22.3 Å². The SMILES string of the molecule is CCCCCCCC/C=C\CCCCCCCC(=O)N[C@@H](CO[PH](O)(O)O)Cc1ccc(OCc2ccccc2)cc1. The molecule has 2 rings (SSSR count). The van der Waals surface area contributed by atoms with E-state index in [9.17, 15) is 19.5 Å². The number of rotatable bonds is 24. The Labute approximate surface area is 254 Å². The van der Waals surface area contributed by atoms with Crippen LogP contribution in [-0.4, -0.2) is 33.2 Å². The minimum absolute atomic E-state index is 0.106. The van der Waals surface area contributed by atoms with Gasteiger partial charge in [-0.25, -0.2) is 0 Å². The van der Waals surface area contributed by atoms with E-state index in [0.29, 0.717) is 19.4 Å². The molecule has 8 heteroatoms. The summed E-state index contributed by atoms with van der Waals surface area (Å²) in [6, 6.07) is 17.0. The van der Waals surface area contributed by atoms with Crippen molar-refractivity contribution in [2.45, 2.75) is 116 Å². The Bertz CT molecular complexity index is 978. The molecule has 42 heavy (non-hydrogen) atoms. The average Bonchev–Trinajstić information content (AvgIpc) is 2.97. The van der Waals surface area contributed by atoms with Crippen molar-refractivity contribution in [3.05, 3.63) is 77.9 Å². The Kier molecular flexibility index (Phi) is 19.1. The molecule has 0 unspecified atom stereocenters. The van der Waals surface area contributed by atoms with Crippen molar-refractivity contribution in [2.24, 2.45) is 0 Å². The molecule has 2 aromatic rings. The molecule has 0 aromatic heterocycles. The molecule has 4 N–H and O–H groups in total. The van der Waals surface area contributed by atoms with E-state index in [1.807, 2.05) is 54.6 Å². The summed E-state index contributed by atoms with van der Waals surface area (Å²) in [5, 5.41) is 2.93. The van der Waals surface area contributed by atoms with Crippen molar-refractivity contribution < 1.29 is 28.7 Å². The summed E-state index contributed by atoms with van der Waals surface area (Å²) in [7, 11) is -4.68. The predicted molar refractivity (Wildman–Crippen MR) is 173 cm³/mol. The van der Waals surface area contributed by atoms with E-state index >= 15 is 0 Å². The second kappa shape index (κ2) is 22.3. The molecular weight excluding hydrogens is 549 g/mol. The number of ether oxygens (including phenoxy) is 1. The number of hydrogen-bond donors (Lipinski definition) is 4. The monoisotopic (exact) mass is 603 g/mol. The number of nitrogens with one attached hydrogen (secondary N) is 1. The zero-order chi connectivity index (χ0) is 30.3. The van der Waals surface area contributed by atoms with Crippen molar-refractivity contribution in [3.8, 4) is 5.75 Å². The van der Waals surface area contributed by atoms with Gasteiger partial charge >= 0.3 is 172 Å². The van der Waals surface area contributed by atoms with Gasteiger partial charge in [0.25, 0.3) is 0 Å². The number of allylic oxidation sites excluding steroid dienone is 2. The third-order valence-corrected chi connectivity index (χ3v) is 7.72. The van der Waals surface area contributed by atoms with E-state index in [4.69, 9.17) is 9.26 Å². The topological polar surface area (TPSA) is 108 Å². The summed E-state index contributed by atoms with van der Waals surface area (Å²) in [4.78, 5) is 40.5. The first-order valence-electron chi connectivity index (χ1n) is 15.9. The molecule has 2 aromatic carbocycles. The first-order valence-corrected chi connectivity index (χ1v) is 17.6. The van der Waals surface area contributed by atoms with Crippen LogP contribution in [0.5, 0.6) is 5.75 Å². The first-order chi connectivity index (χ1) is 20.4. The van der Waals surface area contributed by atoms with Gasteiger partial charge in [-0.3, -0.25) is 0 Å². The average molecular weight is 604 g/mol. The van der Waals surface area contributed by atoms with Crippen LogP contribution in [0.25, 0.3) is 0 Å². The molecule has 7 nitrogen and oxygen atoms in total. The molecule has 1 amide bonds. The van der Waals surface area contributed by atoms with Crippen LogP contribution in [0.3, 0.4) is 0 Å². The third-order valence-electron chi connectivity index (χ3n) is 7.16. The molecule has 0 spiro atoms. The summed E-state index contributed by atoms with van der Waals surface area (Å²) in [5.41, 5.74) is 2.01. The number of unbranched alkanes of at least 4 members (excludes halogenated alkanes) is 11. The van der Waals surface area contributed by atoms with Crippen LogP contribution in [0, 0.1) is 0 Å². The molecular formula is C34H54NO6P. The molecule has 0 radical (unpaired) electrons. The Morgan fingerprint density at radius 3 is 2.00 bits per heavy atom. The Hall–Kier alpha value is -2.28. The zero-order valence-corrected chi connectivity index (χ0v) is 26.5. The van der Waals surface area contributed by atoms with E-state index in [0.717, 1.165) is 42.6 Å². The van der Waals surface area contributed by atoms with Crippen LogP contribution >= 0.6 is 8.17 Å². The van der Waals surface area contributed by atoms with Crippen molar-refractivity contribution in [1.82, 2.24) is 5.32 Å². The molecule has 0 heterocycles. The molecule has 0 bridgehead atoms. The fourth-order valence-electron chi connectivity index (χ4n) is 4.77. The van der Waals surface area contributed by atoms with Gasteiger partial charge in [-0.1, -0.05) is 69.4 Å². The van der Waals surface area contributed by atoms with Gasteiger partial charge in [0.2, 0.25) is 0 Å². The van der Waals surface area contributed by atoms with Crippen LogP contribution in [0.1, 0.15) is 108 Å². The van der Waals surface area contributed by atoms with Crippen LogP contribution in [0.15, 0.2) is 66.7 Å². The van der Waals surface area contributed by atoms with Gasteiger partial charge in [0.1, 0.15) is 0 Å². The summed E-state index contributed by atoms with van der Waals surface area (Å²) in [6.07, 6.45) is 21.1. The van der Waals surface area contributed by atoms with E-state index in [-0.39, 0.29) is 12.5 Å². The van der Waals surface area contributed by atoms with Crippen molar-refractivity contribution in [3.63, 3.8) is 0 Å². The minimum atomic E-state index is -4.68. The van der Waals surface area contributed by atoms with Crippen molar-refractivity contribution >= 4 is 14.1 Å². The first kappa shape index (κ1) is 35.9. The van der Waals surface area contributed by atoms with Crippen molar-refractivity contribution in [2.75, 3.05) is 6.61 Å². The predicted octanol–water partition coefficient (Wildman–Crippen LogP) is 7.73. The summed E-state index contributed by atoms with van der Waals surface area (Å²) in [6.45, 7) is 2.53. The number of carbonyl (C=O) groups excluding carboxylic acids is 1. The van der Waals surface area contributed by atoms with E-state index < -0.39 is 14.2 Å². The Morgan fingerprint density at radius 1 is 0.786 bits per heavy atom. The molecule has 0 fully saturated rings. The normalized spacial score (nSPS) is 12.9. The molecule has 0 saturated carbocycles. The van der Waals surface area contributed by atoms with Gasteiger partial charge in [-0.2, -0.15) is 0 Å². The van der Waals surface area contributed by atoms with Gasteiger partial charge in [0.15, 0.2) is 0 Å². The number of carbonyl (C=O) groups is 1. The zero-order valence-electron chi connectivity index (χ0n) is 25.5. The number of hydrogen-bond acceptors (Lipinski definition) is 6. The van der Waals surface area contributed by atoms with Crippen LogP contribution < -0.4 is 10.1 Å². The third kappa shape index (κ3) is 19.0. The second-order valence-corrected chi connectivity index (χ2v) is 12.5. The summed E-state index contributed by atoms with van der Waals surface area (Å²) in [5.74, 6) is 0.626. The number of amides is 1. The molecule has 0 aliphatic carbocycles. The molecule has 0 aliphatic rings. The van der Waals surface area contributed by atoms with Gasteiger partial charge in [-0.05, 0) is 12.8 Å². The molecule has 0 saturated heterocycles. The van der Waals surface area contributed by atoms with Gasteiger partial charge in [-0.15, -0.1) is 0 Å². The van der Waals surface area contributed by atoms with Crippen LogP contribution in [0.2, 0.25) is 0 Å². The maximum absolute atomic E-state index is 12.6. The maximum atomic E-state index is 12.6. The number of benzene rings is 2. The van der Waals surface area contributed by atoms with E-state index in [2.05, 4.69) is 24.4 Å². The van der Waals surface area contributed by atoms with Crippen molar-refractivity contribution in [1.29, 1.82) is 0 Å². The fourth-order valence-corrected chi connectivity index (χ4v) is 5.19. The Balaban J connectivity index is 1.63. The Morgan fingerprint density at radius 2 is 1.38 bits per heavy atom. The van der Waals surface area contributed by atoms with Gasteiger partial charge < -0.3 is 0 Å². The summed E-state index contributed by atoms with van der Waals surface area (Å²) >= 11 is 0. The standard InChI is InChI=1S/C34H54NO6P/c1-2-3-4-5-6-7-8-9-10-11-12-13-14-15-19-22-34(36)35-32(29-41-42(37,38)39)27-30-23-25-33(26-24-30)40-28-31-20-17-16-18-21-31/h9-10,16-18,20-21,23-26,32,37-39,42H,2-8,11-15,19,22,27-29H2,1H3,(H,35,36)/b10-9-/t32-/m1/s1. The quantitative estimate of drug-likeness (QED) is 0.0556. The van der Waals surface area contributed by atoms with E-state index in [1.54, 1.807) is 0 Å². The molecule has 0 aliphatic heterocycles.